The maximum Gasteiger partial charge on any atom is 0.198 e. The van der Waals surface area contributed by atoms with Crippen molar-refractivity contribution in [2.75, 3.05) is 23.4 Å². The molecule has 180 valence electrons. The van der Waals surface area contributed by atoms with Crippen LogP contribution < -0.4 is 16.4 Å². The van der Waals surface area contributed by atoms with Gasteiger partial charge >= 0.3 is 0 Å². The Morgan fingerprint density at radius 3 is 2.56 bits per heavy atom. The molecule has 6 aromatic rings. The van der Waals surface area contributed by atoms with E-state index in [1.807, 2.05) is 22.9 Å². The minimum atomic E-state index is 0.335. The van der Waals surface area contributed by atoms with Crippen LogP contribution in [0.3, 0.4) is 0 Å². The number of aromatic amines is 1. The van der Waals surface area contributed by atoms with E-state index in [4.69, 9.17) is 16.6 Å². The molecule has 36 heavy (non-hydrogen) atoms. The second-order valence-electron chi connectivity index (χ2n) is 9.35. The van der Waals surface area contributed by atoms with Crippen molar-refractivity contribution >= 4 is 50.3 Å². The van der Waals surface area contributed by atoms with E-state index in [2.05, 4.69) is 82.1 Å². The van der Waals surface area contributed by atoms with Gasteiger partial charge in [-0.15, -0.1) is 0 Å². The topological polar surface area (TPSA) is 128 Å². The number of hydrogen-bond acceptors (Lipinski definition) is 7. The highest BCUT2D eigenvalue weighted by molar-refractivity contribution is 5.99. The lowest BCUT2D eigenvalue weighted by Gasteiger charge is -2.27. The average molecular weight is 478 g/mol. The molecule has 0 radical (unpaired) electrons. The molecular weight excluding hydrogens is 450 g/mol. The van der Waals surface area contributed by atoms with Crippen LogP contribution in [0.25, 0.3) is 44.1 Å². The summed E-state index contributed by atoms with van der Waals surface area (Å²) >= 11 is 0. The second-order valence-corrected chi connectivity index (χ2v) is 9.35. The van der Waals surface area contributed by atoms with E-state index in [1.54, 1.807) is 0 Å². The van der Waals surface area contributed by atoms with Gasteiger partial charge in [0, 0.05) is 24.3 Å². The number of anilines is 3. The molecule has 6 rings (SSSR count). The van der Waals surface area contributed by atoms with Gasteiger partial charge in [0.05, 0.1) is 23.0 Å². The van der Waals surface area contributed by atoms with Crippen LogP contribution in [0.1, 0.15) is 19.4 Å². The molecule has 9 nitrogen and oxygen atoms in total. The lowest BCUT2D eigenvalue weighted by atomic mass is 10.0. The zero-order chi connectivity index (χ0) is 25.0. The van der Waals surface area contributed by atoms with Gasteiger partial charge in [-0.05, 0) is 54.4 Å². The van der Waals surface area contributed by atoms with Crippen LogP contribution >= 0.6 is 0 Å². The van der Waals surface area contributed by atoms with Gasteiger partial charge in [-0.2, -0.15) is 5.10 Å². The van der Waals surface area contributed by atoms with Gasteiger partial charge in [-0.1, -0.05) is 30.3 Å². The van der Waals surface area contributed by atoms with Crippen molar-refractivity contribution in [2.45, 2.75) is 26.4 Å². The third-order valence-electron chi connectivity index (χ3n) is 6.75. The lowest BCUT2D eigenvalue weighted by molar-refractivity contribution is 0.695. The van der Waals surface area contributed by atoms with Gasteiger partial charge in [0.1, 0.15) is 17.8 Å². The lowest BCUT2D eigenvalue weighted by Crippen LogP contribution is -2.27. The molecule has 3 aromatic heterocycles. The first-order valence-electron chi connectivity index (χ1n) is 11.9. The summed E-state index contributed by atoms with van der Waals surface area (Å²) < 4.78 is 1.91. The number of nitrogen functional groups attached to an aromatic ring is 2. The quantitative estimate of drug-likeness (QED) is 0.332. The van der Waals surface area contributed by atoms with Crippen LogP contribution in [0.5, 0.6) is 0 Å². The van der Waals surface area contributed by atoms with Crippen LogP contribution in [0, 0.1) is 0 Å². The fourth-order valence-corrected chi connectivity index (χ4v) is 4.69. The highest BCUT2D eigenvalue weighted by Crippen LogP contribution is 2.34. The van der Waals surface area contributed by atoms with Crippen molar-refractivity contribution in [3.8, 4) is 11.3 Å². The highest BCUT2D eigenvalue weighted by atomic mass is 15.3. The molecule has 0 aliphatic carbocycles. The van der Waals surface area contributed by atoms with Gasteiger partial charge in [-0.25, -0.2) is 19.6 Å². The smallest absolute Gasteiger partial charge is 0.198 e. The van der Waals surface area contributed by atoms with Crippen molar-refractivity contribution < 1.29 is 0 Å². The first-order valence-corrected chi connectivity index (χ1v) is 11.9. The third kappa shape index (κ3) is 3.56. The molecular formula is C27H27N9. The van der Waals surface area contributed by atoms with Gasteiger partial charge in [-0.3, -0.25) is 0 Å². The number of imidazole rings is 1. The van der Waals surface area contributed by atoms with E-state index in [-0.39, 0.29) is 0 Å². The standard InChI is InChI=1S/C27H27N9/c1-15(2)35(3)22-12-17-7-5-4-6-16(17)10-19(22)13-36-26-23(25(28)30-14-31-26)24(34-36)18-8-9-20-21(11-18)33-27(29)32-20/h4-12,14-15H,13H2,1-3H3,(H2,28,30,31)(H3,29,32,33). The van der Waals surface area contributed by atoms with Gasteiger partial charge in [0.15, 0.2) is 11.6 Å². The Labute approximate surface area is 207 Å². The molecule has 0 bridgehead atoms. The maximum absolute atomic E-state index is 6.36. The van der Waals surface area contributed by atoms with Crippen LogP contribution in [-0.2, 0) is 6.54 Å². The number of aromatic nitrogens is 6. The molecule has 0 amide bonds. The van der Waals surface area contributed by atoms with Gasteiger partial charge < -0.3 is 21.4 Å². The Morgan fingerprint density at radius 2 is 1.78 bits per heavy atom. The molecule has 0 aliphatic rings. The summed E-state index contributed by atoms with van der Waals surface area (Å²) in [5, 5.41) is 8.11. The fraction of sp³-hybridized carbons (Fsp3) is 0.185. The highest BCUT2D eigenvalue weighted by Gasteiger charge is 2.20. The molecule has 3 aromatic carbocycles. The van der Waals surface area contributed by atoms with E-state index in [9.17, 15) is 0 Å². The average Bonchev–Trinajstić information content (AvgIpc) is 3.43. The zero-order valence-electron chi connectivity index (χ0n) is 20.4. The SMILES string of the molecule is CC(C)N(C)c1cc2ccccc2cc1Cn1nc(-c2ccc3nc(N)[nH]c3c2)c2c(N)ncnc21. The molecule has 9 heteroatoms. The molecule has 0 atom stereocenters. The Balaban J connectivity index is 1.53. The monoisotopic (exact) mass is 477 g/mol. The summed E-state index contributed by atoms with van der Waals surface area (Å²) in [5.74, 6) is 0.766. The molecule has 0 saturated carbocycles. The molecule has 0 saturated heterocycles. The number of H-pyrrole nitrogens is 1. The summed E-state index contributed by atoms with van der Waals surface area (Å²) in [6, 6.07) is 19.1. The number of nitrogens with zero attached hydrogens (tertiary/aromatic N) is 6. The summed E-state index contributed by atoms with van der Waals surface area (Å²) in [5.41, 5.74) is 18.4. The van der Waals surface area contributed by atoms with Crippen LogP contribution in [0.4, 0.5) is 17.5 Å². The van der Waals surface area contributed by atoms with E-state index in [1.165, 1.54) is 17.1 Å². The predicted octanol–water partition coefficient (Wildman–Crippen LogP) is 4.58. The summed E-state index contributed by atoms with van der Waals surface area (Å²) in [6.07, 6.45) is 1.49. The molecule has 0 unspecified atom stereocenters. The maximum atomic E-state index is 6.36. The number of rotatable bonds is 5. The largest absolute Gasteiger partial charge is 0.383 e. The predicted molar refractivity (Wildman–Crippen MR) is 146 cm³/mol. The summed E-state index contributed by atoms with van der Waals surface area (Å²) in [6.45, 7) is 4.91. The molecule has 0 aliphatic heterocycles. The number of nitrogens with one attached hydrogen (secondary N) is 1. The van der Waals surface area contributed by atoms with E-state index in [0.717, 1.165) is 38.9 Å². The van der Waals surface area contributed by atoms with Crippen molar-refractivity contribution in [3.05, 3.63) is 66.5 Å². The van der Waals surface area contributed by atoms with Crippen molar-refractivity contribution in [2.24, 2.45) is 0 Å². The zero-order valence-corrected chi connectivity index (χ0v) is 20.4. The first kappa shape index (κ1) is 21.8. The molecule has 3 heterocycles. The molecule has 0 fully saturated rings. The van der Waals surface area contributed by atoms with Crippen LogP contribution in [-0.4, -0.2) is 42.8 Å². The van der Waals surface area contributed by atoms with Crippen molar-refractivity contribution in [1.29, 1.82) is 0 Å². The Kier molecular flexibility index (Phi) is 4.99. The minimum Gasteiger partial charge on any atom is -0.383 e. The Morgan fingerprint density at radius 1 is 1.00 bits per heavy atom. The number of hydrogen-bond donors (Lipinski definition) is 3. The third-order valence-corrected chi connectivity index (χ3v) is 6.75. The number of benzene rings is 3. The normalized spacial score (nSPS) is 11.8. The fourth-order valence-electron chi connectivity index (χ4n) is 4.69. The first-order chi connectivity index (χ1) is 17.4. The Bertz CT molecular complexity index is 1750. The molecule has 0 spiro atoms. The molecule has 5 N–H and O–H groups in total. The number of fused-ring (bicyclic) bond motifs is 3. The number of nitrogens with two attached hydrogens (primary N) is 2. The van der Waals surface area contributed by atoms with E-state index >= 15 is 0 Å². The van der Waals surface area contributed by atoms with Gasteiger partial charge in [0.25, 0.3) is 0 Å². The van der Waals surface area contributed by atoms with Crippen LogP contribution in [0.15, 0.2) is 60.9 Å². The van der Waals surface area contributed by atoms with E-state index in [0.29, 0.717) is 30.0 Å². The minimum absolute atomic E-state index is 0.335. The van der Waals surface area contributed by atoms with Crippen LogP contribution in [0.2, 0.25) is 0 Å². The Hall–Kier alpha value is -4.66. The second kappa shape index (κ2) is 8.23. The van der Waals surface area contributed by atoms with Crippen molar-refractivity contribution in [3.63, 3.8) is 0 Å². The summed E-state index contributed by atoms with van der Waals surface area (Å²) in [4.78, 5) is 18.5. The van der Waals surface area contributed by atoms with Gasteiger partial charge in [0.2, 0.25) is 0 Å². The van der Waals surface area contributed by atoms with Crippen molar-refractivity contribution in [1.82, 2.24) is 29.7 Å². The van der Waals surface area contributed by atoms with E-state index < -0.39 is 0 Å². The summed E-state index contributed by atoms with van der Waals surface area (Å²) in [7, 11) is 2.12.